The molecule has 0 saturated carbocycles. The van der Waals surface area contributed by atoms with Gasteiger partial charge in [-0.25, -0.2) is 4.68 Å². The number of hydrogen-bond donors (Lipinski definition) is 1. The summed E-state index contributed by atoms with van der Waals surface area (Å²) in [5.74, 6) is 0. The van der Waals surface area contributed by atoms with E-state index in [1.807, 2.05) is 60.4 Å². The van der Waals surface area contributed by atoms with E-state index in [1.54, 1.807) is 0 Å². The average Bonchev–Trinajstić information content (AvgIpc) is 2.97. The molecule has 0 spiro atoms. The van der Waals surface area contributed by atoms with Crippen LogP contribution in [0.1, 0.15) is 11.1 Å². The van der Waals surface area contributed by atoms with Crippen molar-refractivity contribution in [2.24, 2.45) is 5.73 Å². The van der Waals surface area contributed by atoms with Gasteiger partial charge in [0.25, 0.3) is 0 Å². The Morgan fingerprint density at radius 3 is 2.52 bits per heavy atom. The number of aromatic nitrogens is 2. The van der Waals surface area contributed by atoms with E-state index in [0.29, 0.717) is 4.99 Å². The van der Waals surface area contributed by atoms with E-state index in [4.69, 9.17) is 18.0 Å². The Labute approximate surface area is 129 Å². The molecule has 0 aliphatic heterocycles. The molecule has 3 rings (SSSR count). The summed E-state index contributed by atoms with van der Waals surface area (Å²) in [4.78, 5) is 0.421. The average molecular weight is 293 g/mol. The summed E-state index contributed by atoms with van der Waals surface area (Å²) in [7, 11) is 0. The molecule has 0 aliphatic rings. The molecule has 104 valence electrons. The van der Waals surface area contributed by atoms with Crippen molar-refractivity contribution in [3.8, 4) is 16.8 Å². The maximum atomic E-state index is 5.69. The number of nitrogens with zero attached hydrogens (tertiary/aromatic N) is 2. The lowest BCUT2D eigenvalue weighted by atomic mass is 10.1. The van der Waals surface area contributed by atoms with Crippen LogP contribution < -0.4 is 5.73 Å². The van der Waals surface area contributed by atoms with Crippen molar-refractivity contribution in [3.05, 3.63) is 72.1 Å². The molecule has 3 nitrogen and oxygen atoms in total. The molecule has 1 heterocycles. The minimum Gasteiger partial charge on any atom is -0.389 e. The quantitative estimate of drug-likeness (QED) is 0.752. The Bertz CT molecular complexity index is 791. The normalized spacial score (nSPS) is 10.5. The summed E-state index contributed by atoms with van der Waals surface area (Å²) in [6.45, 7) is 2.00. The summed E-state index contributed by atoms with van der Waals surface area (Å²) < 4.78 is 1.86. The van der Waals surface area contributed by atoms with Gasteiger partial charge in [-0.3, -0.25) is 0 Å². The highest BCUT2D eigenvalue weighted by Gasteiger charge is 2.06. The second kappa shape index (κ2) is 5.50. The van der Waals surface area contributed by atoms with Gasteiger partial charge in [0.2, 0.25) is 0 Å². The summed E-state index contributed by atoms with van der Waals surface area (Å²) >= 11 is 5.03. The lowest BCUT2D eigenvalue weighted by Crippen LogP contribution is -2.11. The first-order valence-electron chi connectivity index (χ1n) is 6.66. The predicted octanol–water partition coefficient (Wildman–Crippen LogP) is 3.48. The van der Waals surface area contributed by atoms with Crippen molar-refractivity contribution >= 4 is 17.2 Å². The van der Waals surface area contributed by atoms with Crippen LogP contribution in [0.2, 0.25) is 0 Å². The molecule has 0 atom stereocenters. The van der Waals surface area contributed by atoms with Crippen LogP contribution in [0.3, 0.4) is 0 Å². The number of thiocarbonyl (C=S) groups is 1. The first kappa shape index (κ1) is 13.5. The molecule has 0 bridgehead atoms. The second-order valence-corrected chi connectivity index (χ2v) is 5.34. The fourth-order valence-corrected chi connectivity index (χ4v) is 2.54. The van der Waals surface area contributed by atoms with Gasteiger partial charge in [-0.2, -0.15) is 5.10 Å². The molecule has 1 aromatic heterocycles. The first-order valence-corrected chi connectivity index (χ1v) is 7.07. The van der Waals surface area contributed by atoms with E-state index in [9.17, 15) is 0 Å². The number of aryl methyl sites for hydroxylation is 1. The van der Waals surface area contributed by atoms with Crippen LogP contribution >= 0.6 is 12.2 Å². The molecule has 0 aliphatic carbocycles. The third-order valence-corrected chi connectivity index (χ3v) is 3.65. The second-order valence-electron chi connectivity index (χ2n) is 4.90. The summed E-state index contributed by atoms with van der Waals surface area (Å²) in [6, 6.07) is 16.1. The van der Waals surface area contributed by atoms with Crippen LogP contribution in [0.4, 0.5) is 0 Å². The first-order chi connectivity index (χ1) is 10.1. The largest absolute Gasteiger partial charge is 0.389 e. The lowest BCUT2D eigenvalue weighted by molar-refractivity contribution is 0.879. The Kier molecular flexibility index (Phi) is 3.54. The molecule has 21 heavy (non-hydrogen) atoms. The monoisotopic (exact) mass is 293 g/mol. The van der Waals surface area contributed by atoms with E-state index in [1.165, 1.54) is 0 Å². The third kappa shape index (κ3) is 2.71. The topological polar surface area (TPSA) is 43.8 Å². The maximum absolute atomic E-state index is 5.69. The highest BCUT2D eigenvalue weighted by atomic mass is 32.1. The molecule has 0 fully saturated rings. The summed E-state index contributed by atoms with van der Waals surface area (Å²) in [5, 5.41) is 4.43. The van der Waals surface area contributed by atoms with Gasteiger partial charge in [0.15, 0.2) is 0 Å². The van der Waals surface area contributed by atoms with Gasteiger partial charge in [0, 0.05) is 17.3 Å². The smallest absolute Gasteiger partial charge is 0.104 e. The SMILES string of the molecule is Cc1cc(-n2cc(-c3ccccc3)cn2)ccc1C(N)=S. The summed E-state index contributed by atoms with van der Waals surface area (Å²) in [6.07, 6.45) is 3.89. The van der Waals surface area contributed by atoms with Crippen molar-refractivity contribution in [1.29, 1.82) is 0 Å². The third-order valence-electron chi connectivity index (χ3n) is 3.43. The molecule has 3 aromatic rings. The van der Waals surface area contributed by atoms with Crippen LogP contribution in [0.25, 0.3) is 16.8 Å². The van der Waals surface area contributed by atoms with E-state index >= 15 is 0 Å². The number of benzene rings is 2. The zero-order chi connectivity index (χ0) is 14.8. The molecule has 0 radical (unpaired) electrons. The van der Waals surface area contributed by atoms with Crippen molar-refractivity contribution in [2.45, 2.75) is 6.92 Å². The molecular weight excluding hydrogens is 278 g/mol. The van der Waals surface area contributed by atoms with Crippen molar-refractivity contribution < 1.29 is 0 Å². The van der Waals surface area contributed by atoms with Gasteiger partial charge in [-0.1, -0.05) is 42.5 Å². The van der Waals surface area contributed by atoms with Crippen molar-refractivity contribution in [3.63, 3.8) is 0 Å². The number of rotatable bonds is 3. The minimum absolute atomic E-state index is 0.421. The molecular formula is C17H15N3S. The van der Waals surface area contributed by atoms with E-state index in [2.05, 4.69) is 17.2 Å². The van der Waals surface area contributed by atoms with Crippen LogP contribution in [-0.2, 0) is 0 Å². The van der Waals surface area contributed by atoms with E-state index < -0.39 is 0 Å². The van der Waals surface area contributed by atoms with Gasteiger partial charge in [0.1, 0.15) is 4.99 Å². The summed E-state index contributed by atoms with van der Waals surface area (Å²) in [5.41, 5.74) is 10.9. The van der Waals surface area contributed by atoms with E-state index in [-0.39, 0.29) is 0 Å². The minimum atomic E-state index is 0.421. The van der Waals surface area contributed by atoms with Gasteiger partial charge < -0.3 is 5.73 Å². The van der Waals surface area contributed by atoms with Crippen LogP contribution in [0.5, 0.6) is 0 Å². The van der Waals surface area contributed by atoms with E-state index in [0.717, 1.165) is 27.9 Å². The Balaban J connectivity index is 1.97. The Morgan fingerprint density at radius 1 is 1.10 bits per heavy atom. The van der Waals surface area contributed by atoms with Crippen LogP contribution in [-0.4, -0.2) is 14.8 Å². The van der Waals surface area contributed by atoms with Gasteiger partial charge in [-0.15, -0.1) is 0 Å². The zero-order valence-electron chi connectivity index (χ0n) is 11.7. The standard InChI is InChI=1S/C17H15N3S/c1-12-9-15(7-8-16(12)17(18)21)20-11-14(10-19-20)13-5-3-2-4-6-13/h2-11H,1H3,(H2,18,21). The highest BCUT2D eigenvalue weighted by Crippen LogP contribution is 2.20. The molecule has 0 unspecified atom stereocenters. The van der Waals surface area contributed by atoms with Gasteiger partial charge >= 0.3 is 0 Å². The van der Waals surface area contributed by atoms with Crippen molar-refractivity contribution in [2.75, 3.05) is 0 Å². The van der Waals surface area contributed by atoms with Crippen LogP contribution in [0.15, 0.2) is 60.9 Å². The van der Waals surface area contributed by atoms with Gasteiger partial charge in [-0.05, 0) is 36.2 Å². The number of nitrogens with two attached hydrogens (primary N) is 1. The fourth-order valence-electron chi connectivity index (χ4n) is 2.31. The predicted molar refractivity (Wildman–Crippen MR) is 89.6 cm³/mol. The molecule has 2 N–H and O–H groups in total. The highest BCUT2D eigenvalue weighted by molar-refractivity contribution is 7.80. The Hall–Kier alpha value is -2.46. The molecule has 4 heteroatoms. The lowest BCUT2D eigenvalue weighted by Gasteiger charge is -2.07. The molecule has 0 amide bonds. The molecule has 0 saturated heterocycles. The van der Waals surface area contributed by atoms with Crippen LogP contribution in [0, 0.1) is 6.92 Å². The van der Waals surface area contributed by atoms with Gasteiger partial charge in [0.05, 0.1) is 11.9 Å². The maximum Gasteiger partial charge on any atom is 0.104 e. The van der Waals surface area contributed by atoms with Crippen molar-refractivity contribution in [1.82, 2.24) is 9.78 Å². The fraction of sp³-hybridized carbons (Fsp3) is 0.0588. The Morgan fingerprint density at radius 2 is 1.86 bits per heavy atom. The zero-order valence-corrected chi connectivity index (χ0v) is 12.5. The molecule has 2 aromatic carbocycles. The number of hydrogen-bond acceptors (Lipinski definition) is 2.